The fraction of sp³-hybridized carbons (Fsp3) is 0.286. The molecule has 1 aromatic rings. The van der Waals surface area contributed by atoms with E-state index in [-0.39, 0.29) is 12.5 Å². The summed E-state index contributed by atoms with van der Waals surface area (Å²) < 4.78 is 11.1. The predicted molar refractivity (Wildman–Crippen MR) is 73.6 cm³/mol. The average Bonchev–Trinajstić information content (AvgIpc) is 2.50. The number of ether oxygens (including phenoxy) is 2. The summed E-state index contributed by atoms with van der Waals surface area (Å²) in [6, 6.07) is 5.16. The van der Waals surface area contributed by atoms with Gasteiger partial charge in [-0.2, -0.15) is 0 Å². The molecule has 0 fully saturated rings. The van der Waals surface area contributed by atoms with Crippen molar-refractivity contribution in [3.8, 4) is 11.5 Å². The summed E-state index contributed by atoms with van der Waals surface area (Å²) in [5, 5.41) is 14.6. The lowest BCUT2D eigenvalue weighted by Crippen LogP contribution is -2.44. The Morgan fingerprint density at radius 1 is 1.60 bits per heavy atom. The van der Waals surface area contributed by atoms with E-state index in [0.29, 0.717) is 29.3 Å². The van der Waals surface area contributed by atoms with Gasteiger partial charge in [0.1, 0.15) is 6.61 Å². The quantitative estimate of drug-likeness (QED) is 0.376. The molecule has 1 atom stereocenters. The third-order valence-corrected chi connectivity index (χ3v) is 2.88. The zero-order chi connectivity index (χ0) is 14.5. The van der Waals surface area contributed by atoms with E-state index in [1.54, 1.807) is 31.2 Å². The van der Waals surface area contributed by atoms with Crippen molar-refractivity contribution < 1.29 is 19.5 Å². The monoisotopic (exact) mass is 276 g/mol. The first-order valence-electron chi connectivity index (χ1n) is 6.17. The Balaban J connectivity index is 2.15. The third kappa shape index (κ3) is 2.90. The summed E-state index contributed by atoms with van der Waals surface area (Å²) >= 11 is 0. The Kier molecular flexibility index (Phi) is 4.24. The number of nitrogens with one attached hydrogen (secondary N) is 1. The summed E-state index contributed by atoms with van der Waals surface area (Å²) in [4.78, 5) is 11.8. The highest BCUT2D eigenvalue weighted by Crippen LogP contribution is 2.32. The van der Waals surface area contributed by atoms with Crippen LogP contribution in [0.1, 0.15) is 12.5 Å². The lowest BCUT2D eigenvalue weighted by atomic mass is 10.1. The summed E-state index contributed by atoms with van der Waals surface area (Å²) in [5.74, 6) is 0.760. The molecule has 106 valence electrons. The lowest BCUT2D eigenvalue weighted by molar-refractivity contribution is -0.130. The molecule has 0 aliphatic carbocycles. The number of nitrogens with zero attached hydrogens (tertiary/aromatic N) is 1. The van der Waals surface area contributed by atoms with Crippen molar-refractivity contribution in [1.82, 2.24) is 5.32 Å². The maximum atomic E-state index is 11.8. The second kappa shape index (κ2) is 6.10. The summed E-state index contributed by atoms with van der Waals surface area (Å²) in [5.41, 5.74) is 1.15. The zero-order valence-corrected chi connectivity index (χ0v) is 11.1. The number of carbonyl (C=O) groups excluding carboxylic acids is 1. The largest absolute Gasteiger partial charge is 0.485 e. The van der Waals surface area contributed by atoms with E-state index in [1.807, 2.05) is 0 Å². The Morgan fingerprint density at radius 2 is 2.40 bits per heavy atom. The van der Waals surface area contributed by atoms with Crippen LogP contribution in [0.5, 0.6) is 11.5 Å². The maximum Gasteiger partial charge on any atom is 0.264 e. The molecule has 1 heterocycles. The molecule has 20 heavy (non-hydrogen) atoms. The first-order chi connectivity index (χ1) is 9.65. The Hall–Kier alpha value is -2.50. The van der Waals surface area contributed by atoms with Crippen LogP contribution in [0.15, 0.2) is 36.0 Å². The SMILES string of the molecule is C=CCNC(=O)C1COc2ccc(/C(C)=N/O)cc2O1. The van der Waals surface area contributed by atoms with E-state index in [2.05, 4.69) is 17.1 Å². The first kappa shape index (κ1) is 13.9. The number of oxime groups is 1. The van der Waals surface area contributed by atoms with Crippen LogP contribution in [-0.2, 0) is 4.79 Å². The summed E-state index contributed by atoms with van der Waals surface area (Å²) in [7, 11) is 0. The number of hydrogen-bond donors (Lipinski definition) is 2. The molecule has 1 aliphatic heterocycles. The van der Waals surface area contributed by atoms with Gasteiger partial charge < -0.3 is 20.0 Å². The molecule has 0 saturated heterocycles. The van der Waals surface area contributed by atoms with E-state index in [9.17, 15) is 4.79 Å². The van der Waals surface area contributed by atoms with Crippen molar-refractivity contribution in [3.05, 3.63) is 36.4 Å². The van der Waals surface area contributed by atoms with E-state index in [0.717, 1.165) is 0 Å². The molecule has 1 amide bonds. The van der Waals surface area contributed by atoms with Crippen LogP contribution in [0, 0.1) is 0 Å². The van der Waals surface area contributed by atoms with Gasteiger partial charge in [-0.15, -0.1) is 6.58 Å². The van der Waals surface area contributed by atoms with Crippen LogP contribution in [0.25, 0.3) is 0 Å². The van der Waals surface area contributed by atoms with Gasteiger partial charge in [0.05, 0.1) is 5.71 Å². The molecule has 0 spiro atoms. The highest BCUT2D eigenvalue weighted by Gasteiger charge is 2.27. The number of benzene rings is 1. The molecule has 0 saturated carbocycles. The van der Waals surface area contributed by atoms with Crippen LogP contribution >= 0.6 is 0 Å². The second-order valence-corrected chi connectivity index (χ2v) is 4.30. The molecule has 0 aromatic heterocycles. The van der Waals surface area contributed by atoms with Gasteiger partial charge in [-0.25, -0.2) is 0 Å². The molecule has 0 radical (unpaired) electrons. The molecule has 2 rings (SSSR count). The molecular weight excluding hydrogens is 260 g/mol. The van der Waals surface area contributed by atoms with E-state index < -0.39 is 6.10 Å². The van der Waals surface area contributed by atoms with Crippen LogP contribution in [-0.4, -0.2) is 36.1 Å². The van der Waals surface area contributed by atoms with Crippen molar-refractivity contribution >= 4 is 11.6 Å². The number of amides is 1. The van der Waals surface area contributed by atoms with Crippen molar-refractivity contribution in [2.45, 2.75) is 13.0 Å². The average molecular weight is 276 g/mol. The minimum absolute atomic E-state index is 0.155. The van der Waals surface area contributed by atoms with Gasteiger partial charge in [-0.05, 0) is 25.1 Å². The number of fused-ring (bicyclic) bond motifs is 1. The predicted octanol–water partition coefficient (Wildman–Crippen LogP) is 1.33. The van der Waals surface area contributed by atoms with Crippen molar-refractivity contribution in [2.24, 2.45) is 5.16 Å². The second-order valence-electron chi connectivity index (χ2n) is 4.30. The first-order valence-corrected chi connectivity index (χ1v) is 6.17. The van der Waals surface area contributed by atoms with Crippen LogP contribution in [0.2, 0.25) is 0 Å². The van der Waals surface area contributed by atoms with Gasteiger partial charge in [-0.1, -0.05) is 11.2 Å². The highest BCUT2D eigenvalue weighted by molar-refractivity contribution is 5.98. The molecule has 6 heteroatoms. The molecule has 0 bridgehead atoms. The van der Waals surface area contributed by atoms with Gasteiger partial charge in [0, 0.05) is 12.1 Å². The van der Waals surface area contributed by atoms with E-state index in [1.165, 1.54) is 0 Å². The highest BCUT2D eigenvalue weighted by atomic mass is 16.6. The molecule has 1 aromatic carbocycles. The Labute approximate surface area is 116 Å². The van der Waals surface area contributed by atoms with Gasteiger partial charge in [0.15, 0.2) is 11.5 Å². The van der Waals surface area contributed by atoms with Crippen molar-refractivity contribution in [3.63, 3.8) is 0 Å². The molecular formula is C14H16N2O4. The number of hydrogen-bond acceptors (Lipinski definition) is 5. The minimum atomic E-state index is -0.705. The van der Waals surface area contributed by atoms with Crippen LogP contribution in [0.4, 0.5) is 0 Å². The lowest BCUT2D eigenvalue weighted by Gasteiger charge is -2.26. The standard InChI is InChI=1S/C14H16N2O4/c1-3-6-15-14(17)13-8-19-11-5-4-10(9(2)16-18)7-12(11)20-13/h3-5,7,13,18H,1,6,8H2,2H3,(H,15,17)/b16-9+. The van der Waals surface area contributed by atoms with Gasteiger partial charge >= 0.3 is 0 Å². The van der Waals surface area contributed by atoms with Gasteiger partial charge in [0.2, 0.25) is 6.10 Å². The smallest absolute Gasteiger partial charge is 0.264 e. The fourth-order valence-electron chi connectivity index (χ4n) is 1.77. The van der Waals surface area contributed by atoms with Gasteiger partial charge in [-0.3, -0.25) is 4.79 Å². The van der Waals surface area contributed by atoms with E-state index >= 15 is 0 Å². The third-order valence-electron chi connectivity index (χ3n) is 2.88. The zero-order valence-electron chi connectivity index (χ0n) is 11.1. The Morgan fingerprint density at radius 3 is 3.10 bits per heavy atom. The molecule has 6 nitrogen and oxygen atoms in total. The topological polar surface area (TPSA) is 80.2 Å². The molecule has 1 aliphatic rings. The molecule has 1 unspecified atom stereocenters. The Bertz CT molecular complexity index is 554. The van der Waals surface area contributed by atoms with Crippen molar-refractivity contribution in [1.29, 1.82) is 0 Å². The summed E-state index contributed by atoms with van der Waals surface area (Å²) in [6.45, 7) is 5.73. The van der Waals surface area contributed by atoms with Crippen LogP contribution in [0.3, 0.4) is 0 Å². The molecule has 2 N–H and O–H groups in total. The number of rotatable bonds is 4. The van der Waals surface area contributed by atoms with E-state index in [4.69, 9.17) is 14.7 Å². The maximum absolute atomic E-state index is 11.8. The van der Waals surface area contributed by atoms with Gasteiger partial charge in [0.25, 0.3) is 5.91 Å². The minimum Gasteiger partial charge on any atom is -0.485 e. The normalized spacial score (nSPS) is 17.4. The van der Waals surface area contributed by atoms with Crippen LogP contribution < -0.4 is 14.8 Å². The van der Waals surface area contributed by atoms with Crippen molar-refractivity contribution in [2.75, 3.05) is 13.2 Å². The summed E-state index contributed by atoms with van der Waals surface area (Å²) in [6.07, 6.45) is 0.887. The fourth-order valence-corrected chi connectivity index (χ4v) is 1.77. The number of carbonyl (C=O) groups is 1.